The molecule has 0 unspecified atom stereocenters. The summed E-state index contributed by atoms with van der Waals surface area (Å²) in [5.74, 6) is -0.163. The zero-order chi connectivity index (χ0) is 25.0. The molecule has 0 radical (unpaired) electrons. The number of aliphatic hydroxyl groups excluding tert-OH is 1. The van der Waals surface area contributed by atoms with E-state index in [1.54, 1.807) is 19.1 Å². The lowest BCUT2D eigenvalue weighted by Gasteiger charge is -2.59. The number of hydrogen-bond donors (Lipinski definition) is 3. The minimum Gasteiger partial charge on any atom is -0.460 e. The summed E-state index contributed by atoms with van der Waals surface area (Å²) in [6.07, 6.45) is 6.90. The van der Waals surface area contributed by atoms with Crippen LogP contribution < -0.4 is 0 Å². The number of carbonyl (C=O) groups is 2. The van der Waals surface area contributed by atoms with Crippen LogP contribution in [0.2, 0.25) is 0 Å². The number of esters is 1. The molecule has 0 amide bonds. The summed E-state index contributed by atoms with van der Waals surface area (Å²) < 4.78 is 12.0. The molecule has 7 nitrogen and oxygen atoms in total. The zero-order valence-electron chi connectivity index (χ0n) is 21.1. The summed E-state index contributed by atoms with van der Waals surface area (Å²) in [5, 5.41) is 34.3. The Kier molecular flexibility index (Phi) is 4.07. The third-order valence-electron chi connectivity index (χ3n) is 13.0. The van der Waals surface area contributed by atoms with Gasteiger partial charge in [0, 0.05) is 11.3 Å². The van der Waals surface area contributed by atoms with Gasteiger partial charge in [-0.25, -0.2) is 4.79 Å². The first-order valence-corrected chi connectivity index (χ1v) is 13.5. The second-order valence-corrected chi connectivity index (χ2v) is 13.9. The molecule has 4 saturated carbocycles. The lowest BCUT2D eigenvalue weighted by Crippen LogP contribution is -2.65. The SMILES string of the molecule is C[C@@]12C[C@@H](OC(=O)[C@]1(C)O)[C@@H]([C@]1(O)CC[C@H]3[C@@H]4C[C@H]5O[C@]56[C@@H](O)C=CC(=O)[C@]6(C)[C@H]4CC[C@@]31C)C2. The predicted octanol–water partition coefficient (Wildman–Crippen LogP) is 2.30. The Hall–Kier alpha value is -1.28. The number of epoxide rings is 1. The highest BCUT2D eigenvalue weighted by molar-refractivity contribution is 5.98. The van der Waals surface area contributed by atoms with Crippen LogP contribution in [0.3, 0.4) is 0 Å². The third-order valence-corrected chi connectivity index (χ3v) is 13.0. The van der Waals surface area contributed by atoms with Gasteiger partial charge in [0.25, 0.3) is 0 Å². The van der Waals surface area contributed by atoms with Gasteiger partial charge < -0.3 is 24.8 Å². The first-order valence-electron chi connectivity index (χ1n) is 13.5. The number of hydrogen-bond acceptors (Lipinski definition) is 7. The molecule has 7 aliphatic rings. The number of carbonyl (C=O) groups excluding carboxylic acids is 2. The Labute approximate surface area is 206 Å². The normalized spacial score (nSPS) is 64.1. The van der Waals surface area contributed by atoms with Gasteiger partial charge in [-0.05, 0) is 94.1 Å². The lowest BCUT2D eigenvalue weighted by molar-refractivity contribution is -0.201. The maximum atomic E-state index is 13.3. The van der Waals surface area contributed by atoms with Crippen molar-refractivity contribution >= 4 is 11.8 Å². The van der Waals surface area contributed by atoms with E-state index in [1.165, 1.54) is 0 Å². The van der Waals surface area contributed by atoms with E-state index < -0.39 is 39.7 Å². The molecule has 6 fully saturated rings. The molecule has 0 aromatic carbocycles. The number of rotatable bonds is 1. The van der Waals surface area contributed by atoms with Gasteiger partial charge in [0.2, 0.25) is 0 Å². The molecule has 2 bridgehead atoms. The summed E-state index contributed by atoms with van der Waals surface area (Å²) in [6.45, 7) is 7.72. The van der Waals surface area contributed by atoms with E-state index in [4.69, 9.17) is 9.47 Å². The van der Waals surface area contributed by atoms with Crippen molar-refractivity contribution in [3.8, 4) is 0 Å². The van der Waals surface area contributed by atoms with Gasteiger partial charge >= 0.3 is 5.97 Å². The maximum absolute atomic E-state index is 13.3. The van der Waals surface area contributed by atoms with Crippen molar-refractivity contribution in [1.82, 2.24) is 0 Å². The van der Waals surface area contributed by atoms with Crippen LogP contribution in [0.5, 0.6) is 0 Å². The second-order valence-electron chi connectivity index (χ2n) is 13.9. The average molecular weight is 487 g/mol. The Balaban J connectivity index is 1.24. The minimum atomic E-state index is -1.55. The largest absolute Gasteiger partial charge is 0.460 e. The first kappa shape index (κ1) is 22.9. The molecule has 0 aromatic heterocycles. The fourth-order valence-electron chi connectivity index (χ4n) is 10.6. The van der Waals surface area contributed by atoms with E-state index >= 15 is 0 Å². The smallest absolute Gasteiger partial charge is 0.338 e. The molecule has 2 aliphatic heterocycles. The lowest BCUT2D eigenvalue weighted by atomic mass is 9.44. The standard InChI is InChI=1S/C28H38O7/c1-23-12-17(18(13-23)34-22(31)26(23,4)32)27(33)10-8-15-14-11-21-28(35-21)20(30)6-5-19(29)25(28,3)16(14)7-9-24(15,27)2/h5-6,14-18,20-21,30,32-33H,7-13H2,1-4H3/t14-,15-,16-,17-,18+,20-,21+,23+,24-,25-,26-,27+,28+/m0/s1. The molecule has 2 saturated heterocycles. The molecule has 5 aliphatic carbocycles. The summed E-state index contributed by atoms with van der Waals surface area (Å²) in [6, 6.07) is 0. The fraction of sp³-hybridized carbons (Fsp3) is 0.857. The monoisotopic (exact) mass is 486 g/mol. The highest BCUT2D eigenvalue weighted by Gasteiger charge is 2.81. The molecule has 35 heavy (non-hydrogen) atoms. The van der Waals surface area contributed by atoms with E-state index in [1.807, 2.05) is 13.8 Å². The van der Waals surface area contributed by atoms with Gasteiger partial charge in [-0.2, -0.15) is 0 Å². The van der Waals surface area contributed by atoms with Crippen LogP contribution in [-0.2, 0) is 19.1 Å². The Bertz CT molecular complexity index is 1070. The highest BCUT2D eigenvalue weighted by Crippen LogP contribution is 2.74. The van der Waals surface area contributed by atoms with Crippen molar-refractivity contribution in [2.75, 3.05) is 0 Å². The van der Waals surface area contributed by atoms with Gasteiger partial charge in [0.1, 0.15) is 17.8 Å². The number of allylic oxidation sites excluding steroid dienone is 1. The van der Waals surface area contributed by atoms with Crippen molar-refractivity contribution in [3.63, 3.8) is 0 Å². The van der Waals surface area contributed by atoms with Crippen LogP contribution in [0.4, 0.5) is 0 Å². The van der Waals surface area contributed by atoms with Crippen LogP contribution in [0, 0.1) is 39.9 Å². The van der Waals surface area contributed by atoms with Gasteiger partial charge in [-0.15, -0.1) is 0 Å². The first-order chi connectivity index (χ1) is 16.3. The van der Waals surface area contributed by atoms with Gasteiger partial charge in [0.15, 0.2) is 11.4 Å². The summed E-state index contributed by atoms with van der Waals surface area (Å²) in [4.78, 5) is 26.0. The Morgan fingerprint density at radius 3 is 2.43 bits per heavy atom. The predicted molar refractivity (Wildman–Crippen MR) is 124 cm³/mol. The molecule has 0 aromatic rings. The molecular formula is C28H38O7. The van der Waals surface area contributed by atoms with Crippen molar-refractivity contribution in [2.24, 2.45) is 39.9 Å². The molecule has 7 rings (SSSR count). The summed E-state index contributed by atoms with van der Waals surface area (Å²) in [5.41, 5.74) is -5.08. The Morgan fingerprint density at radius 1 is 0.971 bits per heavy atom. The van der Waals surface area contributed by atoms with Crippen molar-refractivity contribution < 1.29 is 34.4 Å². The van der Waals surface area contributed by atoms with E-state index in [0.717, 1.165) is 25.7 Å². The third kappa shape index (κ3) is 2.23. The molecular weight excluding hydrogens is 448 g/mol. The molecule has 1 spiro atoms. The van der Waals surface area contributed by atoms with Crippen molar-refractivity contribution in [2.45, 2.75) is 108 Å². The van der Waals surface area contributed by atoms with Gasteiger partial charge in [-0.1, -0.05) is 13.8 Å². The number of aliphatic hydroxyl groups is 3. The average Bonchev–Trinajstić information content (AvgIpc) is 3.35. The number of fused-ring (bicyclic) bond motifs is 6. The van der Waals surface area contributed by atoms with Crippen LogP contribution in [0.1, 0.15) is 72.6 Å². The molecule has 13 atom stereocenters. The van der Waals surface area contributed by atoms with Crippen LogP contribution in [-0.4, -0.2) is 62.2 Å². The zero-order valence-corrected chi connectivity index (χ0v) is 21.1. The topological polar surface area (TPSA) is 117 Å². The van der Waals surface area contributed by atoms with Gasteiger partial charge in [0.05, 0.1) is 17.1 Å². The van der Waals surface area contributed by atoms with E-state index in [-0.39, 0.29) is 47.1 Å². The number of ketones is 1. The number of ether oxygens (including phenoxy) is 2. The maximum Gasteiger partial charge on any atom is 0.338 e. The molecule has 3 N–H and O–H groups in total. The second kappa shape index (κ2) is 6.23. The van der Waals surface area contributed by atoms with Crippen molar-refractivity contribution in [1.29, 1.82) is 0 Å². The molecule has 7 heteroatoms. The molecule has 2 heterocycles. The fourth-order valence-corrected chi connectivity index (χ4v) is 10.6. The molecule has 192 valence electrons. The van der Waals surface area contributed by atoms with E-state index in [9.17, 15) is 24.9 Å². The van der Waals surface area contributed by atoms with E-state index in [0.29, 0.717) is 19.3 Å². The Morgan fingerprint density at radius 2 is 1.69 bits per heavy atom. The van der Waals surface area contributed by atoms with Crippen molar-refractivity contribution in [3.05, 3.63) is 12.2 Å². The minimum absolute atomic E-state index is 0.0588. The summed E-state index contributed by atoms with van der Waals surface area (Å²) in [7, 11) is 0. The van der Waals surface area contributed by atoms with Crippen LogP contribution >= 0.6 is 0 Å². The van der Waals surface area contributed by atoms with E-state index in [2.05, 4.69) is 6.92 Å². The van der Waals surface area contributed by atoms with Gasteiger partial charge in [-0.3, -0.25) is 4.79 Å². The van der Waals surface area contributed by atoms with Crippen LogP contribution in [0.15, 0.2) is 12.2 Å². The highest BCUT2D eigenvalue weighted by atomic mass is 16.6. The quantitative estimate of drug-likeness (QED) is 0.385. The summed E-state index contributed by atoms with van der Waals surface area (Å²) >= 11 is 0. The van der Waals surface area contributed by atoms with Crippen LogP contribution in [0.25, 0.3) is 0 Å².